The first-order valence-corrected chi connectivity index (χ1v) is 13.5. The van der Waals surface area contributed by atoms with Crippen LogP contribution < -0.4 is 16.0 Å². The molecule has 0 aliphatic rings. The normalized spacial score (nSPS) is 11.3. The molecule has 2 aromatic heterocycles. The third-order valence-corrected chi connectivity index (χ3v) is 7.86. The smallest absolute Gasteiger partial charge is 0.318 e. The van der Waals surface area contributed by atoms with E-state index in [1.54, 1.807) is 61.9 Å². The monoisotopic (exact) mass is 531 g/mol. The summed E-state index contributed by atoms with van der Waals surface area (Å²) < 4.78 is 27.2. The van der Waals surface area contributed by atoms with Gasteiger partial charge in [-0.2, -0.15) is 4.31 Å². The molecule has 11 heteroatoms. The van der Waals surface area contributed by atoms with Gasteiger partial charge in [0.05, 0.1) is 16.3 Å². The minimum Gasteiger partial charge on any atom is -0.341 e. The van der Waals surface area contributed by atoms with E-state index in [0.29, 0.717) is 36.1 Å². The van der Waals surface area contributed by atoms with Crippen molar-refractivity contribution in [3.05, 3.63) is 79.1 Å². The molecule has 4 rings (SSSR count). The lowest BCUT2D eigenvalue weighted by molar-refractivity contribution is 0.254. The average Bonchev–Trinajstić information content (AvgIpc) is 2.94. The van der Waals surface area contributed by atoms with E-state index in [-0.39, 0.29) is 10.9 Å². The topological polar surface area (TPSA) is 129 Å². The molecule has 0 saturated carbocycles. The summed E-state index contributed by atoms with van der Waals surface area (Å²) in [4.78, 5) is 25.1. The van der Waals surface area contributed by atoms with Gasteiger partial charge in [-0.25, -0.2) is 23.2 Å². The molecule has 0 unspecified atom stereocenters. The Balaban J connectivity index is 1.55. The van der Waals surface area contributed by atoms with E-state index in [1.807, 2.05) is 38.1 Å². The lowest BCUT2D eigenvalue weighted by atomic mass is 10.1. The second kappa shape index (κ2) is 11.8. The van der Waals surface area contributed by atoms with E-state index in [4.69, 9.17) is 0 Å². The number of nitrogens with one attached hydrogen (secondary N) is 3. The molecule has 0 radical (unpaired) electrons. The van der Waals surface area contributed by atoms with Crippen LogP contribution in [0.1, 0.15) is 13.8 Å². The Labute approximate surface area is 222 Å². The molecular weight excluding hydrogens is 502 g/mol. The van der Waals surface area contributed by atoms with Crippen LogP contribution in [0.2, 0.25) is 0 Å². The van der Waals surface area contributed by atoms with Crippen molar-refractivity contribution in [1.29, 1.82) is 0 Å². The third-order valence-electron chi connectivity index (χ3n) is 5.81. The van der Waals surface area contributed by atoms with Crippen molar-refractivity contribution in [2.45, 2.75) is 18.7 Å². The van der Waals surface area contributed by atoms with Gasteiger partial charge in [-0.15, -0.1) is 0 Å². The van der Waals surface area contributed by atoms with E-state index in [1.165, 1.54) is 4.31 Å². The van der Waals surface area contributed by atoms with Crippen molar-refractivity contribution < 1.29 is 13.2 Å². The standard InChI is InChI=1S/C27H29N7O3S/c1-4-34(5-2)38(36,37)23-8-6-7-22(18-23)31-26-30-16-14-24(33-26)20-13-15-29-25(17-20)19-9-11-21(12-10-19)32-27(35)28-3/h6-18H,4-5H2,1-3H3,(H2,28,32,35)(H,30,31,33). The molecular formula is C27H29N7O3S. The fourth-order valence-corrected chi connectivity index (χ4v) is 5.33. The number of benzene rings is 2. The summed E-state index contributed by atoms with van der Waals surface area (Å²) in [5.74, 6) is 0.336. The second-order valence-electron chi connectivity index (χ2n) is 8.22. The Morgan fingerprint density at radius 3 is 2.29 bits per heavy atom. The first-order chi connectivity index (χ1) is 18.3. The predicted molar refractivity (Wildman–Crippen MR) is 149 cm³/mol. The fourth-order valence-electron chi connectivity index (χ4n) is 3.82. The van der Waals surface area contributed by atoms with Gasteiger partial charge in [-0.05, 0) is 48.5 Å². The van der Waals surface area contributed by atoms with Crippen LogP contribution in [0.15, 0.2) is 84.0 Å². The zero-order valence-electron chi connectivity index (χ0n) is 21.3. The van der Waals surface area contributed by atoms with E-state index < -0.39 is 10.0 Å². The Kier molecular flexibility index (Phi) is 8.29. The minimum absolute atomic E-state index is 0.206. The zero-order chi connectivity index (χ0) is 27.1. The number of urea groups is 1. The number of amides is 2. The van der Waals surface area contributed by atoms with Crippen LogP contribution in [-0.4, -0.2) is 53.8 Å². The Morgan fingerprint density at radius 1 is 0.842 bits per heavy atom. The second-order valence-corrected chi connectivity index (χ2v) is 10.2. The molecule has 196 valence electrons. The summed E-state index contributed by atoms with van der Waals surface area (Å²) >= 11 is 0. The molecule has 0 saturated heterocycles. The van der Waals surface area contributed by atoms with Crippen molar-refractivity contribution in [1.82, 2.24) is 24.6 Å². The van der Waals surface area contributed by atoms with Crippen LogP contribution in [0, 0.1) is 0 Å². The van der Waals surface area contributed by atoms with Crippen molar-refractivity contribution in [3.8, 4) is 22.5 Å². The number of hydrogen-bond donors (Lipinski definition) is 3. The summed E-state index contributed by atoms with van der Waals surface area (Å²) in [5.41, 5.74) is 4.38. The highest BCUT2D eigenvalue weighted by atomic mass is 32.2. The van der Waals surface area contributed by atoms with Gasteiger partial charge in [0.2, 0.25) is 16.0 Å². The number of pyridine rings is 1. The van der Waals surface area contributed by atoms with E-state index in [9.17, 15) is 13.2 Å². The van der Waals surface area contributed by atoms with Crippen LogP contribution in [0.5, 0.6) is 0 Å². The van der Waals surface area contributed by atoms with Crippen LogP contribution in [-0.2, 0) is 10.0 Å². The highest BCUT2D eigenvalue weighted by molar-refractivity contribution is 7.89. The van der Waals surface area contributed by atoms with Gasteiger partial charge in [0.15, 0.2) is 0 Å². The number of carbonyl (C=O) groups is 1. The van der Waals surface area contributed by atoms with E-state index in [0.717, 1.165) is 16.8 Å². The number of hydrogen-bond acceptors (Lipinski definition) is 7. The van der Waals surface area contributed by atoms with Gasteiger partial charge in [-0.3, -0.25) is 4.98 Å². The largest absolute Gasteiger partial charge is 0.341 e. The number of anilines is 3. The van der Waals surface area contributed by atoms with Gasteiger partial charge in [0.25, 0.3) is 0 Å². The molecule has 3 N–H and O–H groups in total. The van der Waals surface area contributed by atoms with Crippen molar-refractivity contribution in [3.63, 3.8) is 0 Å². The average molecular weight is 532 g/mol. The van der Waals surface area contributed by atoms with Crippen LogP contribution in [0.3, 0.4) is 0 Å². The van der Waals surface area contributed by atoms with Crippen molar-refractivity contribution >= 4 is 33.4 Å². The zero-order valence-corrected chi connectivity index (χ0v) is 22.2. The molecule has 0 spiro atoms. The molecule has 2 aromatic carbocycles. The summed E-state index contributed by atoms with van der Waals surface area (Å²) in [5, 5.41) is 8.36. The SMILES string of the molecule is CCN(CC)S(=O)(=O)c1cccc(Nc2nccc(-c3ccnc(-c4ccc(NC(=O)NC)cc4)c3)n2)c1. The van der Waals surface area contributed by atoms with Gasteiger partial charge < -0.3 is 16.0 Å². The maximum absolute atomic E-state index is 12.9. The van der Waals surface area contributed by atoms with Crippen LogP contribution in [0.25, 0.3) is 22.5 Å². The number of rotatable bonds is 9. The lowest BCUT2D eigenvalue weighted by Crippen LogP contribution is -2.30. The number of carbonyl (C=O) groups excluding carboxylic acids is 1. The number of sulfonamides is 1. The van der Waals surface area contributed by atoms with Gasteiger partial charge >= 0.3 is 6.03 Å². The number of nitrogens with zero attached hydrogens (tertiary/aromatic N) is 4. The molecule has 0 bridgehead atoms. The van der Waals surface area contributed by atoms with E-state index >= 15 is 0 Å². The van der Waals surface area contributed by atoms with Crippen LogP contribution in [0.4, 0.5) is 22.1 Å². The quantitative estimate of drug-likeness (QED) is 0.285. The van der Waals surface area contributed by atoms with Crippen molar-refractivity contribution in [2.75, 3.05) is 30.8 Å². The molecule has 2 heterocycles. The summed E-state index contributed by atoms with van der Waals surface area (Å²) in [6.45, 7) is 4.42. The molecule has 10 nitrogen and oxygen atoms in total. The predicted octanol–water partition coefficient (Wildman–Crippen LogP) is 4.73. The summed E-state index contributed by atoms with van der Waals surface area (Å²) in [6, 6.07) is 19.3. The molecule has 0 atom stereocenters. The lowest BCUT2D eigenvalue weighted by Gasteiger charge is -2.18. The van der Waals surface area contributed by atoms with E-state index in [2.05, 4.69) is 30.9 Å². The Bertz CT molecular complexity index is 1520. The Hall–Kier alpha value is -4.35. The molecule has 4 aromatic rings. The molecule has 0 aliphatic carbocycles. The molecule has 0 aliphatic heterocycles. The molecule has 0 fully saturated rings. The maximum atomic E-state index is 12.9. The highest BCUT2D eigenvalue weighted by Gasteiger charge is 2.21. The van der Waals surface area contributed by atoms with Gasteiger partial charge in [-0.1, -0.05) is 32.0 Å². The third kappa shape index (κ3) is 6.13. The number of aromatic nitrogens is 3. The molecule has 2 amide bonds. The molecule has 38 heavy (non-hydrogen) atoms. The fraction of sp³-hybridized carbons (Fsp3) is 0.185. The minimum atomic E-state index is -3.59. The Morgan fingerprint density at radius 2 is 1.58 bits per heavy atom. The summed E-state index contributed by atoms with van der Waals surface area (Å²) in [6.07, 6.45) is 3.35. The first kappa shape index (κ1) is 26.7. The van der Waals surface area contributed by atoms with Gasteiger partial charge in [0.1, 0.15) is 0 Å². The van der Waals surface area contributed by atoms with Gasteiger partial charge in [0, 0.05) is 55.0 Å². The van der Waals surface area contributed by atoms with Crippen molar-refractivity contribution in [2.24, 2.45) is 0 Å². The van der Waals surface area contributed by atoms with Crippen LogP contribution >= 0.6 is 0 Å². The maximum Gasteiger partial charge on any atom is 0.318 e. The summed E-state index contributed by atoms with van der Waals surface area (Å²) in [7, 11) is -2.03. The first-order valence-electron chi connectivity index (χ1n) is 12.1. The highest BCUT2D eigenvalue weighted by Crippen LogP contribution is 2.26.